The summed E-state index contributed by atoms with van der Waals surface area (Å²) >= 11 is 0. The number of hydrogen-bond donors (Lipinski definition) is 0. The Morgan fingerprint density at radius 1 is 1.23 bits per heavy atom. The van der Waals surface area contributed by atoms with Crippen LogP contribution in [0, 0.1) is 29.0 Å². The zero-order valence-corrected chi connectivity index (χ0v) is 19.0. The van der Waals surface area contributed by atoms with Gasteiger partial charge in [-0.1, -0.05) is 25.5 Å². The molecule has 1 saturated heterocycles. The predicted octanol–water partition coefficient (Wildman–Crippen LogP) is 5.40. The van der Waals surface area contributed by atoms with Crippen LogP contribution < -0.4 is 5.01 Å². The van der Waals surface area contributed by atoms with E-state index in [1.807, 2.05) is 12.1 Å². The van der Waals surface area contributed by atoms with E-state index in [0.717, 1.165) is 44.5 Å². The van der Waals surface area contributed by atoms with Crippen molar-refractivity contribution < 1.29 is 9.18 Å². The summed E-state index contributed by atoms with van der Waals surface area (Å²) in [6, 6.07) is 6.62. The number of halogens is 1. The van der Waals surface area contributed by atoms with Crippen LogP contribution >= 0.6 is 0 Å². The highest BCUT2D eigenvalue weighted by atomic mass is 19.1. The van der Waals surface area contributed by atoms with E-state index in [0.29, 0.717) is 24.2 Å². The third kappa shape index (κ3) is 3.41. The van der Waals surface area contributed by atoms with Crippen molar-refractivity contribution in [2.24, 2.45) is 28.3 Å². The van der Waals surface area contributed by atoms with Gasteiger partial charge < -0.3 is 4.90 Å². The first kappa shape index (κ1) is 20.7. The van der Waals surface area contributed by atoms with Gasteiger partial charge in [-0.15, -0.1) is 0 Å². The number of hydrazone groups is 1. The van der Waals surface area contributed by atoms with Crippen LogP contribution in [0.2, 0.25) is 0 Å². The van der Waals surface area contributed by atoms with E-state index in [-0.39, 0.29) is 22.7 Å². The van der Waals surface area contributed by atoms with Gasteiger partial charge in [0.25, 0.3) is 0 Å². The summed E-state index contributed by atoms with van der Waals surface area (Å²) in [5, 5.41) is 6.80. The average molecular weight is 424 g/mol. The number of rotatable bonds is 3. The zero-order valence-electron chi connectivity index (χ0n) is 19.0. The number of benzene rings is 1. The Kier molecular flexibility index (Phi) is 4.98. The third-order valence-electron chi connectivity index (χ3n) is 8.58. The lowest BCUT2D eigenvalue weighted by Gasteiger charge is -2.47. The summed E-state index contributed by atoms with van der Waals surface area (Å²) in [4.78, 5) is 15.2. The van der Waals surface area contributed by atoms with Gasteiger partial charge in [0.05, 0.1) is 11.2 Å². The van der Waals surface area contributed by atoms with E-state index in [2.05, 4.69) is 43.0 Å². The highest BCUT2D eigenvalue weighted by molar-refractivity contribution is 5.77. The minimum absolute atomic E-state index is 0.0616. The Labute approximate surface area is 185 Å². The molecule has 1 amide bonds. The van der Waals surface area contributed by atoms with Gasteiger partial charge in [0, 0.05) is 31.6 Å². The van der Waals surface area contributed by atoms with Crippen molar-refractivity contribution in [3.8, 4) is 0 Å². The molecule has 0 spiro atoms. The van der Waals surface area contributed by atoms with Crippen molar-refractivity contribution in [3.05, 3.63) is 41.7 Å². The van der Waals surface area contributed by atoms with E-state index in [9.17, 15) is 9.18 Å². The van der Waals surface area contributed by atoms with Crippen molar-refractivity contribution >= 4 is 17.8 Å². The smallest absolute Gasteiger partial charge is 0.222 e. The van der Waals surface area contributed by atoms with Crippen molar-refractivity contribution in [2.45, 2.75) is 64.8 Å². The first-order valence-electron chi connectivity index (χ1n) is 11.9. The van der Waals surface area contributed by atoms with Gasteiger partial charge in [0.15, 0.2) is 0 Å². The molecule has 5 rings (SSSR count). The summed E-state index contributed by atoms with van der Waals surface area (Å²) in [5.41, 5.74) is 2.24. The molecule has 5 heteroatoms. The Hall–Kier alpha value is -2.17. The maximum atomic E-state index is 13.4. The van der Waals surface area contributed by atoms with Crippen LogP contribution in [-0.4, -0.2) is 35.7 Å². The molecule has 4 nitrogen and oxygen atoms in total. The Morgan fingerprint density at radius 2 is 2.00 bits per heavy atom. The van der Waals surface area contributed by atoms with Crippen LogP contribution in [0.3, 0.4) is 0 Å². The number of fused-ring (bicyclic) bond motifs is 2. The SMILES string of the molecule is CC1CCCN(C(=O)CC2CCC3=CC4(C)C(C=NN4c4ccc(F)cc4)C[C@@]32C)C1. The maximum absolute atomic E-state index is 13.4. The first-order valence-corrected chi connectivity index (χ1v) is 11.9. The molecule has 4 aliphatic rings. The molecule has 31 heavy (non-hydrogen) atoms. The number of likely N-dealkylation sites (tertiary alicyclic amines) is 1. The van der Waals surface area contributed by atoms with Gasteiger partial charge in [-0.2, -0.15) is 5.10 Å². The molecule has 0 aromatic heterocycles. The van der Waals surface area contributed by atoms with Gasteiger partial charge in [-0.3, -0.25) is 9.80 Å². The number of carbonyl (C=O) groups excluding carboxylic acids is 1. The molecule has 2 fully saturated rings. The van der Waals surface area contributed by atoms with Gasteiger partial charge in [0.2, 0.25) is 5.91 Å². The van der Waals surface area contributed by atoms with Crippen LogP contribution in [0.15, 0.2) is 41.0 Å². The predicted molar refractivity (Wildman–Crippen MR) is 122 cm³/mol. The molecule has 1 saturated carbocycles. The summed E-state index contributed by atoms with van der Waals surface area (Å²) < 4.78 is 13.4. The second-order valence-electron chi connectivity index (χ2n) is 10.7. The van der Waals surface area contributed by atoms with Crippen LogP contribution in [0.5, 0.6) is 0 Å². The van der Waals surface area contributed by atoms with Crippen LogP contribution in [0.25, 0.3) is 0 Å². The summed E-state index contributed by atoms with van der Waals surface area (Å²) in [6.45, 7) is 8.72. The van der Waals surface area contributed by atoms with E-state index in [1.54, 1.807) is 0 Å². The molecular weight excluding hydrogens is 389 g/mol. The van der Waals surface area contributed by atoms with Gasteiger partial charge >= 0.3 is 0 Å². The first-order chi connectivity index (χ1) is 14.8. The molecule has 4 unspecified atom stereocenters. The highest BCUT2D eigenvalue weighted by Gasteiger charge is 2.55. The van der Waals surface area contributed by atoms with E-state index in [4.69, 9.17) is 5.10 Å². The lowest BCUT2D eigenvalue weighted by Crippen LogP contribution is -2.50. The molecule has 0 bridgehead atoms. The number of carbonyl (C=O) groups is 1. The van der Waals surface area contributed by atoms with Gasteiger partial charge in [0.1, 0.15) is 5.82 Å². The third-order valence-corrected chi connectivity index (χ3v) is 8.58. The molecule has 1 aromatic rings. The van der Waals surface area contributed by atoms with Gasteiger partial charge in [-0.25, -0.2) is 4.39 Å². The fourth-order valence-electron chi connectivity index (χ4n) is 6.56. The quantitative estimate of drug-likeness (QED) is 0.610. The topological polar surface area (TPSA) is 35.9 Å². The Bertz CT molecular complexity index is 925. The van der Waals surface area contributed by atoms with E-state index >= 15 is 0 Å². The van der Waals surface area contributed by atoms with E-state index < -0.39 is 0 Å². The number of amides is 1. The number of anilines is 1. The van der Waals surface area contributed by atoms with E-state index in [1.165, 1.54) is 24.1 Å². The summed E-state index contributed by atoms with van der Waals surface area (Å²) in [6.07, 6.45) is 10.7. The minimum Gasteiger partial charge on any atom is -0.342 e. The van der Waals surface area contributed by atoms with Gasteiger partial charge in [-0.05, 0) is 80.5 Å². The molecule has 2 heterocycles. The maximum Gasteiger partial charge on any atom is 0.222 e. The average Bonchev–Trinajstić information content (AvgIpc) is 3.22. The summed E-state index contributed by atoms with van der Waals surface area (Å²) in [5.74, 6) is 1.43. The number of allylic oxidation sites excluding steroid dienone is 1. The number of piperidine rings is 1. The van der Waals surface area contributed by atoms with Crippen molar-refractivity contribution in [1.29, 1.82) is 0 Å². The standard InChI is InChI=1S/C26H34FN3O/c1-18-5-4-12-29(17-18)24(31)13-19-6-7-20-15-26(3)21(14-25(19,20)2)16-28-30(26)23-10-8-22(27)9-11-23/h8-11,15-16,18-19,21H,4-7,12-14,17H2,1-3H3/t18?,19?,21?,25-,26?/m1/s1. The lowest BCUT2D eigenvalue weighted by molar-refractivity contribution is -0.134. The Balaban J connectivity index is 1.37. The molecule has 1 aromatic carbocycles. The van der Waals surface area contributed by atoms with Crippen LogP contribution in [0.1, 0.15) is 59.3 Å². The zero-order chi connectivity index (χ0) is 21.8. The second-order valence-corrected chi connectivity index (χ2v) is 10.7. The number of nitrogens with zero attached hydrogens (tertiary/aromatic N) is 3. The molecule has 166 valence electrons. The summed E-state index contributed by atoms with van der Waals surface area (Å²) in [7, 11) is 0. The fraction of sp³-hybridized carbons (Fsp3) is 0.615. The van der Waals surface area contributed by atoms with Crippen molar-refractivity contribution in [3.63, 3.8) is 0 Å². The molecule has 0 radical (unpaired) electrons. The highest BCUT2D eigenvalue weighted by Crippen LogP contribution is 2.59. The van der Waals surface area contributed by atoms with Crippen molar-refractivity contribution in [1.82, 2.24) is 4.90 Å². The number of hydrogen-bond acceptors (Lipinski definition) is 3. The second kappa shape index (κ2) is 7.46. The van der Waals surface area contributed by atoms with Crippen LogP contribution in [-0.2, 0) is 4.79 Å². The largest absolute Gasteiger partial charge is 0.342 e. The van der Waals surface area contributed by atoms with Crippen molar-refractivity contribution in [2.75, 3.05) is 18.1 Å². The normalized spacial score (nSPS) is 36.9. The monoisotopic (exact) mass is 423 g/mol. The molecule has 2 aliphatic heterocycles. The lowest BCUT2D eigenvalue weighted by atomic mass is 9.61. The molecule has 5 atom stereocenters. The Morgan fingerprint density at radius 3 is 2.74 bits per heavy atom. The molecular formula is C26H34FN3O. The molecule has 0 N–H and O–H groups in total. The van der Waals surface area contributed by atoms with Crippen LogP contribution in [0.4, 0.5) is 10.1 Å². The minimum atomic E-state index is -0.228. The molecule has 2 aliphatic carbocycles. The fourth-order valence-corrected chi connectivity index (χ4v) is 6.56.